The minimum absolute atomic E-state index is 0. The molecular formula is C118H109N15O13. The fraction of sp³-hybridized carbons (Fsp3) is 0.110. The third-order valence-electron chi connectivity index (χ3n) is 22.1. The number of para-hydroxylation sites is 5. The average molecular weight is 1950 g/mol. The second-order valence-electron chi connectivity index (χ2n) is 31.1. The lowest BCUT2D eigenvalue weighted by molar-refractivity contribution is 0.408. The van der Waals surface area contributed by atoms with E-state index in [2.05, 4.69) is 74.8 Å². The topological polar surface area (TPSA) is 368 Å². The third kappa shape index (κ3) is 25.9. The van der Waals surface area contributed by atoms with E-state index < -0.39 is 0 Å². The molecule has 0 aliphatic heterocycles. The second kappa shape index (κ2) is 50.6. The molecule has 0 saturated carbocycles. The van der Waals surface area contributed by atoms with E-state index in [1.165, 1.54) is 6.07 Å². The van der Waals surface area contributed by atoms with Crippen LogP contribution < -0.4 is 37.9 Å². The molecule has 20 aromatic rings. The maximum Gasteiger partial charge on any atom is 0.167 e. The van der Waals surface area contributed by atoms with Crippen molar-refractivity contribution in [3.05, 3.63) is 376 Å². The van der Waals surface area contributed by atoms with Gasteiger partial charge in [-0.15, -0.1) is 0 Å². The van der Waals surface area contributed by atoms with E-state index in [0.29, 0.717) is 127 Å². The van der Waals surface area contributed by atoms with E-state index in [4.69, 9.17) is 37.9 Å². The molecule has 20 rings (SSSR count). The highest BCUT2D eigenvalue weighted by atomic mass is 16.5. The number of methoxy groups -OCH3 is 8. The average Bonchev–Trinajstić information content (AvgIpc) is 0.805. The molecule has 0 saturated heterocycles. The number of benzene rings is 15. The fourth-order valence-electron chi connectivity index (χ4n) is 14.5. The number of phenols is 5. The Morgan fingerprint density at radius 3 is 0.596 bits per heavy atom. The largest absolute Gasteiger partial charge is 0.507 e. The van der Waals surface area contributed by atoms with Crippen molar-refractivity contribution in [1.29, 1.82) is 0 Å². The number of ether oxygens (including phenoxy) is 8. The minimum atomic E-state index is 0. The molecule has 0 spiro atoms. The highest BCUT2D eigenvalue weighted by Gasteiger charge is 2.23. The fourth-order valence-corrected chi connectivity index (χ4v) is 14.5. The van der Waals surface area contributed by atoms with Crippen molar-refractivity contribution < 1.29 is 63.4 Å². The Morgan fingerprint density at radius 1 is 0.158 bits per heavy atom. The molecule has 5 aromatic heterocycles. The lowest BCUT2D eigenvalue weighted by atomic mass is 10.1. The van der Waals surface area contributed by atoms with Gasteiger partial charge >= 0.3 is 0 Å². The Morgan fingerprint density at radius 2 is 0.349 bits per heavy atom. The van der Waals surface area contributed by atoms with Crippen LogP contribution in [0, 0.1) is 6.92 Å². The normalized spacial score (nSPS) is 10.3. The maximum atomic E-state index is 10.6. The summed E-state index contributed by atoms with van der Waals surface area (Å²) in [6, 6.07) is 113. The van der Waals surface area contributed by atoms with Crippen molar-refractivity contribution in [2.45, 2.75) is 36.6 Å². The molecule has 15 aromatic carbocycles. The molecule has 0 aliphatic carbocycles. The Bertz CT molecular complexity index is 7500. The standard InChI is InChI=1S/C24H21N3O3.2C23H19N3O3.2C22H17N3O2.4CH4/c1-15-5-4-6-20(21(15)28)24-26-22(16-7-11-18(29-2)12-8-16)25-23(27-24)17-9-13-19(30-3)14-10-17;1-28-17-11-7-15(8-12-17)21-24-22(16-9-13-18(29-2)14-10-16)26-23(25-21)19-5-3-4-6-20(19)27;1-28-17-10-8-16(9-11-17)22-24-21(15-6-4-3-5-7-15)25-23(26-22)19-13-12-18(29-2)14-20(19)27;1-27-19-14-8-6-12-17(19)22-24-20(15-9-3-2-4-10-15)23-21(25-22)16-11-5-7-13-18(16)26;1-27-17-13-11-16(12-14-17)21-23-20(15-7-3-2-4-8-15)24-22(25-21)18-9-5-6-10-19(18)26;;;;/h4-14,28H,1-3H3;2*3-14,27H,1-2H3;2*2-14,26H,1H3;4*1H4. The van der Waals surface area contributed by atoms with Gasteiger partial charge in [0, 0.05) is 56.1 Å². The summed E-state index contributed by atoms with van der Waals surface area (Å²) in [5, 5.41) is 51.8. The number of hydrogen-bond donors (Lipinski definition) is 5. The van der Waals surface area contributed by atoms with Gasteiger partial charge in [0.15, 0.2) is 87.4 Å². The quantitative estimate of drug-likeness (QED) is 0.0397. The van der Waals surface area contributed by atoms with Gasteiger partial charge in [0.2, 0.25) is 0 Å². The zero-order valence-corrected chi connectivity index (χ0v) is 78.4. The molecule has 0 aliphatic rings. The van der Waals surface area contributed by atoms with Gasteiger partial charge in [-0.05, 0) is 225 Å². The van der Waals surface area contributed by atoms with Crippen LogP contribution in [0.1, 0.15) is 35.3 Å². The molecule has 146 heavy (non-hydrogen) atoms. The summed E-state index contributed by atoms with van der Waals surface area (Å²) in [5.41, 5.74) is 11.8. The van der Waals surface area contributed by atoms with Gasteiger partial charge < -0.3 is 63.4 Å². The summed E-state index contributed by atoms with van der Waals surface area (Å²) in [6.45, 7) is 1.84. The summed E-state index contributed by atoms with van der Waals surface area (Å²) in [7, 11) is 12.9. The molecule has 28 heteroatoms. The van der Waals surface area contributed by atoms with Gasteiger partial charge in [0.05, 0.1) is 90.3 Å². The number of rotatable bonds is 23. The zero-order chi connectivity index (χ0) is 98.8. The second-order valence-corrected chi connectivity index (χ2v) is 31.1. The first-order valence-corrected chi connectivity index (χ1v) is 44.4. The smallest absolute Gasteiger partial charge is 0.167 e. The molecule has 0 atom stereocenters. The molecular weight excluding hydrogens is 1840 g/mol. The van der Waals surface area contributed by atoms with Crippen LogP contribution in [-0.2, 0) is 0 Å². The van der Waals surface area contributed by atoms with Crippen LogP contribution in [0.2, 0.25) is 0 Å². The maximum absolute atomic E-state index is 10.6. The van der Waals surface area contributed by atoms with Crippen molar-refractivity contribution in [1.82, 2.24) is 74.8 Å². The molecule has 5 N–H and O–H groups in total. The third-order valence-corrected chi connectivity index (χ3v) is 22.1. The van der Waals surface area contributed by atoms with E-state index >= 15 is 0 Å². The molecule has 0 amide bonds. The van der Waals surface area contributed by atoms with E-state index in [0.717, 1.165) is 95.7 Å². The number of phenolic OH excluding ortho intramolecular Hbond substituents is 5. The van der Waals surface area contributed by atoms with E-state index in [1.54, 1.807) is 130 Å². The minimum Gasteiger partial charge on any atom is -0.507 e. The first-order valence-electron chi connectivity index (χ1n) is 44.4. The lowest BCUT2D eigenvalue weighted by Crippen LogP contribution is -2.01. The van der Waals surface area contributed by atoms with Crippen LogP contribution in [0.25, 0.3) is 171 Å². The Labute approximate surface area is 847 Å². The lowest BCUT2D eigenvalue weighted by Gasteiger charge is -2.11. The van der Waals surface area contributed by atoms with Gasteiger partial charge in [-0.25, -0.2) is 74.8 Å². The predicted molar refractivity (Wildman–Crippen MR) is 573 cm³/mol. The Balaban J connectivity index is 0.000000161. The van der Waals surface area contributed by atoms with Gasteiger partial charge in [0.25, 0.3) is 0 Å². The number of aromatic nitrogens is 15. The van der Waals surface area contributed by atoms with Crippen LogP contribution in [-0.4, -0.2) is 157 Å². The summed E-state index contributed by atoms with van der Waals surface area (Å²) in [4.78, 5) is 69.4. The summed E-state index contributed by atoms with van der Waals surface area (Å²) in [6.07, 6.45) is 0. The van der Waals surface area contributed by atoms with E-state index in [-0.39, 0.29) is 58.5 Å². The highest BCUT2D eigenvalue weighted by Crippen LogP contribution is 2.40. The summed E-state index contributed by atoms with van der Waals surface area (Å²) >= 11 is 0. The Hall–Kier alpha value is -19.3. The number of aryl methyl sites for hydroxylation is 1. The van der Waals surface area contributed by atoms with Crippen LogP contribution in [0.15, 0.2) is 370 Å². The first-order chi connectivity index (χ1) is 69.4. The first kappa shape index (κ1) is 106. The molecule has 5 heterocycles. The van der Waals surface area contributed by atoms with Crippen LogP contribution >= 0.6 is 0 Å². The monoisotopic (exact) mass is 1940 g/mol. The molecule has 0 unspecified atom stereocenters. The van der Waals surface area contributed by atoms with Crippen molar-refractivity contribution >= 4 is 0 Å². The van der Waals surface area contributed by atoms with Crippen molar-refractivity contribution in [2.75, 3.05) is 56.9 Å². The number of nitrogens with zero attached hydrogens (tertiary/aromatic N) is 15. The molecule has 28 nitrogen and oxygen atoms in total. The SMILES string of the molecule is C.C.C.C.COc1ccc(-c2nc(-c3ccc(OC)cc3)nc(-c3cccc(C)c3O)n2)cc1.COc1ccc(-c2nc(-c3ccc(OC)cc3)nc(-c3ccccc3O)n2)cc1.COc1ccc(-c2nc(-c3ccccc3)nc(-c3ccc(OC)cc3O)n2)cc1.COc1ccc(-c2nc(-c3ccccc3)nc(-c3ccccc3O)n2)cc1.COc1ccccc1-c1nc(-c2ccccc2)nc(-c2ccccc2O)n1. The zero-order valence-electron chi connectivity index (χ0n) is 78.4. The van der Waals surface area contributed by atoms with Crippen molar-refractivity contribution in [3.63, 3.8) is 0 Å². The van der Waals surface area contributed by atoms with Crippen molar-refractivity contribution in [2.24, 2.45) is 0 Å². The van der Waals surface area contributed by atoms with Crippen LogP contribution in [0.3, 0.4) is 0 Å². The van der Waals surface area contributed by atoms with E-state index in [1.807, 2.05) is 298 Å². The van der Waals surface area contributed by atoms with Gasteiger partial charge in [-0.1, -0.05) is 181 Å². The summed E-state index contributed by atoms with van der Waals surface area (Å²) in [5.74, 6) is 13.5. The van der Waals surface area contributed by atoms with Crippen LogP contribution in [0.4, 0.5) is 0 Å². The molecule has 734 valence electrons. The van der Waals surface area contributed by atoms with Crippen LogP contribution in [0.5, 0.6) is 74.7 Å². The number of aromatic hydroxyl groups is 5. The summed E-state index contributed by atoms with van der Waals surface area (Å²) < 4.78 is 42.0. The Kier molecular flexibility index (Phi) is 36.6. The van der Waals surface area contributed by atoms with Gasteiger partial charge in [0.1, 0.15) is 74.7 Å². The molecule has 0 bridgehead atoms. The van der Waals surface area contributed by atoms with Gasteiger partial charge in [-0.2, -0.15) is 0 Å². The van der Waals surface area contributed by atoms with Gasteiger partial charge in [-0.3, -0.25) is 0 Å². The van der Waals surface area contributed by atoms with Crippen molar-refractivity contribution in [3.8, 4) is 246 Å². The molecule has 0 fully saturated rings. The van der Waals surface area contributed by atoms with E-state index in [9.17, 15) is 25.5 Å². The highest BCUT2D eigenvalue weighted by molar-refractivity contribution is 5.78. The molecule has 0 radical (unpaired) electrons. The number of hydrogen-bond acceptors (Lipinski definition) is 28. The predicted octanol–water partition coefficient (Wildman–Crippen LogP) is 25.8.